The number of hydrogen-bond donors (Lipinski definition) is 2. The van der Waals surface area contributed by atoms with Gasteiger partial charge in [-0.15, -0.1) is 0 Å². The maximum atomic E-state index is 9.38. The normalized spacial score (nSPS) is 34.0. The Morgan fingerprint density at radius 3 is 2.00 bits per heavy atom. The Balaban J connectivity index is 1.58. The van der Waals surface area contributed by atoms with Crippen molar-refractivity contribution in [2.45, 2.75) is 31.5 Å². The lowest BCUT2D eigenvalue weighted by molar-refractivity contribution is 0.0572. The van der Waals surface area contributed by atoms with Crippen molar-refractivity contribution >= 4 is 0 Å². The Morgan fingerprint density at radius 2 is 1.40 bits per heavy atom. The molecule has 2 saturated heterocycles. The molecule has 2 N–H and O–H groups in total. The van der Waals surface area contributed by atoms with E-state index in [1.165, 1.54) is 32.5 Å². The molecule has 2 unspecified atom stereocenters. The van der Waals surface area contributed by atoms with E-state index in [2.05, 4.69) is 9.80 Å². The number of rotatable bonds is 4. The van der Waals surface area contributed by atoms with Gasteiger partial charge in [0.05, 0.1) is 12.2 Å². The van der Waals surface area contributed by atoms with Crippen LogP contribution in [0.1, 0.15) is 19.3 Å². The van der Waals surface area contributed by atoms with Crippen molar-refractivity contribution in [2.75, 3.05) is 39.3 Å². The summed E-state index contributed by atoms with van der Waals surface area (Å²) >= 11 is 0. The predicted molar refractivity (Wildman–Crippen MR) is 58.7 cm³/mol. The van der Waals surface area contributed by atoms with Gasteiger partial charge in [-0.25, -0.2) is 0 Å². The second-order valence-corrected chi connectivity index (χ2v) is 4.80. The highest BCUT2D eigenvalue weighted by Gasteiger charge is 2.28. The van der Waals surface area contributed by atoms with Gasteiger partial charge in [-0.05, 0) is 45.4 Å². The van der Waals surface area contributed by atoms with Crippen LogP contribution >= 0.6 is 0 Å². The molecule has 88 valence electrons. The molecule has 0 aromatic rings. The van der Waals surface area contributed by atoms with Gasteiger partial charge in [-0.2, -0.15) is 0 Å². The van der Waals surface area contributed by atoms with Gasteiger partial charge in [0.1, 0.15) is 0 Å². The molecule has 2 aliphatic rings. The maximum absolute atomic E-state index is 9.38. The molecule has 0 aromatic carbocycles. The first-order valence-electron chi connectivity index (χ1n) is 6.06. The van der Waals surface area contributed by atoms with E-state index >= 15 is 0 Å². The third-order valence-corrected chi connectivity index (χ3v) is 3.48. The summed E-state index contributed by atoms with van der Waals surface area (Å²) < 4.78 is 0. The van der Waals surface area contributed by atoms with Crippen molar-refractivity contribution in [3.8, 4) is 0 Å². The Labute approximate surface area is 91.5 Å². The van der Waals surface area contributed by atoms with Gasteiger partial charge in [-0.3, -0.25) is 4.90 Å². The molecule has 0 bridgehead atoms. The van der Waals surface area contributed by atoms with E-state index in [0.717, 1.165) is 13.0 Å². The second kappa shape index (κ2) is 5.25. The predicted octanol–water partition coefficient (Wildman–Crippen LogP) is -0.490. The second-order valence-electron chi connectivity index (χ2n) is 4.80. The lowest BCUT2D eigenvalue weighted by atomic mass is 10.3. The van der Waals surface area contributed by atoms with Crippen LogP contribution in [0, 0.1) is 0 Å². The van der Waals surface area contributed by atoms with E-state index in [4.69, 9.17) is 0 Å². The molecule has 2 rings (SSSR count). The van der Waals surface area contributed by atoms with Gasteiger partial charge in [-0.1, -0.05) is 0 Å². The van der Waals surface area contributed by atoms with Gasteiger partial charge in [0.25, 0.3) is 0 Å². The van der Waals surface area contributed by atoms with E-state index in [1.54, 1.807) is 0 Å². The minimum Gasteiger partial charge on any atom is -0.389 e. The highest BCUT2D eigenvalue weighted by atomic mass is 16.3. The highest BCUT2D eigenvalue weighted by Crippen LogP contribution is 2.11. The molecule has 0 saturated carbocycles. The Kier molecular flexibility index (Phi) is 3.97. The van der Waals surface area contributed by atoms with Crippen LogP contribution in [-0.2, 0) is 0 Å². The minimum atomic E-state index is -0.531. The van der Waals surface area contributed by atoms with E-state index in [-0.39, 0.29) is 0 Å². The number of β-amino-alcohol motifs (C(OH)–C–C–N with tert-alkyl or cyclic N) is 2. The van der Waals surface area contributed by atoms with Gasteiger partial charge in [0.2, 0.25) is 0 Å². The molecular formula is C11H22N2O2. The molecule has 0 spiro atoms. The van der Waals surface area contributed by atoms with Crippen LogP contribution in [0.3, 0.4) is 0 Å². The van der Waals surface area contributed by atoms with Crippen molar-refractivity contribution < 1.29 is 10.2 Å². The third-order valence-electron chi connectivity index (χ3n) is 3.48. The van der Waals surface area contributed by atoms with Crippen molar-refractivity contribution in [3.05, 3.63) is 0 Å². The maximum Gasteiger partial charge on any atom is 0.0938 e. The van der Waals surface area contributed by atoms with Crippen molar-refractivity contribution in [1.29, 1.82) is 0 Å². The molecule has 2 heterocycles. The van der Waals surface area contributed by atoms with Crippen LogP contribution in [0.15, 0.2) is 0 Å². The van der Waals surface area contributed by atoms with Crippen molar-refractivity contribution in [2.24, 2.45) is 0 Å². The van der Waals surface area contributed by atoms with E-state index in [9.17, 15) is 10.2 Å². The molecule has 2 fully saturated rings. The third kappa shape index (κ3) is 3.14. The first kappa shape index (κ1) is 11.3. The summed E-state index contributed by atoms with van der Waals surface area (Å²) in [4.78, 5) is 4.66. The Morgan fingerprint density at radius 1 is 0.867 bits per heavy atom. The average Bonchev–Trinajstić information content (AvgIpc) is 2.79. The molecule has 15 heavy (non-hydrogen) atoms. The van der Waals surface area contributed by atoms with Crippen LogP contribution in [0.2, 0.25) is 0 Å². The Bertz CT molecular complexity index is 185. The fraction of sp³-hybridized carbons (Fsp3) is 1.00. The molecule has 0 aromatic heterocycles. The number of likely N-dealkylation sites (tertiary alicyclic amines) is 2. The fourth-order valence-corrected chi connectivity index (χ4v) is 2.55. The standard InChI is InChI=1S/C11H22N2O2/c14-10-8-13(9-11(10)15)7-3-6-12-4-1-2-5-12/h10-11,14-15H,1-9H2. The van der Waals surface area contributed by atoms with Crippen LogP contribution in [-0.4, -0.2) is 71.5 Å². The summed E-state index contributed by atoms with van der Waals surface area (Å²) in [7, 11) is 0. The lowest BCUT2D eigenvalue weighted by Crippen LogP contribution is -2.28. The van der Waals surface area contributed by atoms with Crippen molar-refractivity contribution in [1.82, 2.24) is 9.80 Å². The smallest absolute Gasteiger partial charge is 0.0938 e. The summed E-state index contributed by atoms with van der Waals surface area (Å²) in [6.07, 6.45) is 2.79. The van der Waals surface area contributed by atoms with Crippen LogP contribution < -0.4 is 0 Å². The van der Waals surface area contributed by atoms with E-state index in [1.807, 2.05) is 0 Å². The zero-order valence-electron chi connectivity index (χ0n) is 9.31. The monoisotopic (exact) mass is 214 g/mol. The van der Waals surface area contributed by atoms with Crippen LogP contribution in [0.25, 0.3) is 0 Å². The quantitative estimate of drug-likeness (QED) is 0.663. The first-order chi connectivity index (χ1) is 7.25. The Hall–Kier alpha value is -0.160. The average molecular weight is 214 g/mol. The van der Waals surface area contributed by atoms with Gasteiger partial charge in [0, 0.05) is 13.1 Å². The minimum absolute atomic E-state index is 0.531. The van der Waals surface area contributed by atoms with E-state index in [0.29, 0.717) is 13.1 Å². The molecule has 0 radical (unpaired) electrons. The molecule has 4 nitrogen and oxygen atoms in total. The summed E-state index contributed by atoms with van der Waals surface area (Å²) in [5.41, 5.74) is 0. The van der Waals surface area contributed by atoms with E-state index < -0.39 is 12.2 Å². The molecule has 0 amide bonds. The number of nitrogens with zero attached hydrogens (tertiary/aromatic N) is 2. The number of hydrogen-bond acceptors (Lipinski definition) is 4. The van der Waals surface area contributed by atoms with Gasteiger partial charge < -0.3 is 15.1 Å². The van der Waals surface area contributed by atoms with Crippen LogP contribution in [0.4, 0.5) is 0 Å². The first-order valence-corrected chi connectivity index (χ1v) is 6.06. The summed E-state index contributed by atoms with van der Waals surface area (Å²) in [5, 5.41) is 18.8. The number of aliphatic hydroxyl groups is 2. The molecule has 2 aliphatic heterocycles. The fourth-order valence-electron chi connectivity index (χ4n) is 2.55. The van der Waals surface area contributed by atoms with Gasteiger partial charge >= 0.3 is 0 Å². The molecule has 0 aliphatic carbocycles. The topological polar surface area (TPSA) is 46.9 Å². The zero-order valence-corrected chi connectivity index (χ0v) is 9.31. The summed E-state index contributed by atoms with van der Waals surface area (Å²) in [5.74, 6) is 0. The number of aliphatic hydroxyl groups excluding tert-OH is 2. The summed E-state index contributed by atoms with van der Waals surface area (Å²) in [6, 6.07) is 0. The highest BCUT2D eigenvalue weighted by molar-refractivity contribution is 4.83. The SMILES string of the molecule is OC1CN(CCCN2CCCC2)CC1O. The zero-order chi connectivity index (χ0) is 10.7. The molecular weight excluding hydrogens is 192 g/mol. The summed E-state index contributed by atoms with van der Waals surface area (Å²) in [6.45, 7) is 5.96. The van der Waals surface area contributed by atoms with Gasteiger partial charge in [0.15, 0.2) is 0 Å². The molecule has 4 heteroatoms. The molecule has 2 atom stereocenters. The van der Waals surface area contributed by atoms with Crippen LogP contribution in [0.5, 0.6) is 0 Å². The largest absolute Gasteiger partial charge is 0.389 e. The van der Waals surface area contributed by atoms with Crippen molar-refractivity contribution in [3.63, 3.8) is 0 Å². The lowest BCUT2D eigenvalue weighted by Gasteiger charge is -2.18.